The maximum atomic E-state index is 12.4. The van der Waals surface area contributed by atoms with E-state index in [4.69, 9.17) is 11.6 Å². The predicted octanol–water partition coefficient (Wildman–Crippen LogP) is 3.01. The average molecular weight is 248 g/mol. The van der Waals surface area contributed by atoms with Crippen molar-refractivity contribution in [3.8, 4) is 0 Å². The van der Waals surface area contributed by atoms with Crippen LogP contribution in [0.4, 0.5) is 13.2 Å². The summed E-state index contributed by atoms with van der Waals surface area (Å²) in [5.74, 6) is 0. The Hall–Kier alpha value is -1.43. The van der Waals surface area contributed by atoms with E-state index in [1.807, 2.05) is 0 Å². The van der Waals surface area contributed by atoms with E-state index in [-0.39, 0.29) is 10.8 Å². The normalized spacial score (nSPS) is 12.1. The number of hydrogen-bond acceptors (Lipinski definition) is 3. The Morgan fingerprint density at radius 3 is 2.56 bits per heavy atom. The Morgan fingerprint density at radius 2 is 1.94 bits per heavy atom. The fourth-order valence-electron chi connectivity index (χ4n) is 1.31. The summed E-state index contributed by atoms with van der Waals surface area (Å²) < 4.78 is 37.3. The number of nitrogens with zero attached hydrogens (tertiary/aromatic N) is 3. The van der Waals surface area contributed by atoms with Gasteiger partial charge < -0.3 is 0 Å². The van der Waals surface area contributed by atoms with E-state index < -0.39 is 11.9 Å². The van der Waals surface area contributed by atoms with Gasteiger partial charge in [-0.3, -0.25) is 0 Å². The number of halogens is 4. The zero-order chi connectivity index (χ0) is 11.9. The van der Waals surface area contributed by atoms with Crippen molar-refractivity contribution >= 4 is 22.6 Å². The van der Waals surface area contributed by atoms with Crippen LogP contribution < -0.4 is 0 Å². The summed E-state index contributed by atoms with van der Waals surface area (Å²) in [5.41, 5.74) is -0.185. The summed E-state index contributed by atoms with van der Waals surface area (Å²) in [6.07, 6.45) is -3.30. The standard InChI is InChI=1S/C9H5ClF3N3/c1-4-2-6(9(11,12)13)15-5-3-14-8(10)16-7(4)5/h2-3H,1H3. The van der Waals surface area contributed by atoms with Gasteiger partial charge in [0.05, 0.1) is 11.7 Å². The van der Waals surface area contributed by atoms with Crippen molar-refractivity contribution in [2.24, 2.45) is 0 Å². The van der Waals surface area contributed by atoms with E-state index in [1.165, 1.54) is 13.1 Å². The highest BCUT2D eigenvalue weighted by Gasteiger charge is 2.33. The van der Waals surface area contributed by atoms with Crippen molar-refractivity contribution < 1.29 is 13.2 Å². The lowest BCUT2D eigenvalue weighted by Gasteiger charge is -2.08. The van der Waals surface area contributed by atoms with Crippen LogP contribution in [0.1, 0.15) is 11.3 Å². The molecular weight excluding hydrogens is 243 g/mol. The van der Waals surface area contributed by atoms with Crippen LogP contribution in [-0.4, -0.2) is 15.0 Å². The lowest BCUT2D eigenvalue weighted by atomic mass is 10.2. The van der Waals surface area contributed by atoms with Crippen molar-refractivity contribution in [2.75, 3.05) is 0 Å². The monoisotopic (exact) mass is 247 g/mol. The van der Waals surface area contributed by atoms with Crippen molar-refractivity contribution in [1.29, 1.82) is 0 Å². The lowest BCUT2D eigenvalue weighted by Crippen LogP contribution is -2.09. The minimum atomic E-state index is -4.47. The molecule has 0 aliphatic carbocycles. The van der Waals surface area contributed by atoms with Crippen LogP contribution in [0.15, 0.2) is 12.3 Å². The highest BCUT2D eigenvalue weighted by atomic mass is 35.5. The first kappa shape index (κ1) is 11.1. The molecule has 2 aromatic rings. The second-order valence-electron chi connectivity index (χ2n) is 3.20. The molecule has 0 N–H and O–H groups in total. The van der Waals surface area contributed by atoms with Crippen molar-refractivity contribution in [1.82, 2.24) is 15.0 Å². The van der Waals surface area contributed by atoms with Crippen LogP contribution in [0.25, 0.3) is 11.0 Å². The fourth-order valence-corrected chi connectivity index (χ4v) is 1.44. The molecule has 0 spiro atoms. The molecule has 2 rings (SSSR count). The van der Waals surface area contributed by atoms with E-state index in [2.05, 4.69) is 15.0 Å². The second kappa shape index (κ2) is 3.55. The third-order valence-electron chi connectivity index (χ3n) is 2.00. The van der Waals surface area contributed by atoms with Gasteiger partial charge in [0.2, 0.25) is 5.28 Å². The first-order valence-electron chi connectivity index (χ1n) is 4.25. The average Bonchev–Trinajstić information content (AvgIpc) is 2.17. The topological polar surface area (TPSA) is 38.7 Å². The van der Waals surface area contributed by atoms with E-state index in [0.717, 1.165) is 6.07 Å². The minimum absolute atomic E-state index is 0.0165. The predicted molar refractivity (Wildman–Crippen MR) is 52.1 cm³/mol. The molecule has 0 aliphatic rings. The molecule has 0 fully saturated rings. The van der Waals surface area contributed by atoms with E-state index in [0.29, 0.717) is 11.1 Å². The zero-order valence-electron chi connectivity index (χ0n) is 8.01. The molecule has 0 saturated carbocycles. The molecule has 0 unspecified atom stereocenters. The smallest absolute Gasteiger partial charge is 0.240 e. The molecule has 3 nitrogen and oxygen atoms in total. The Balaban J connectivity index is 2.74. The van der Waals surface area contributed by atoms with Gasteiger partial charge in [-0.2, -0.15) is 13.2 Å². The van der Waals surface area contributed by atoms with Gasteiger partial charge >= 0.3 is 6.18 Å². The number of pyridine rings is 1. The second-order valence-corrected chi connectivity index (χ2v) is 3.53. The van der Waals surface area contributed by atoms with Crippen molar-refractivity contribution in [3.63, 3.8) is 0 Å². The third kappa shape index (κ3) is 1.92. The molecule has 0 bridgehead atoms. The number of rotatable bonds is 0. The number of hydrogen-bond donors (Lipinski definition) is 0. The fraction of sp³-hybridized carbons (Fsp3) is 0.222. The SMILES string of the molecule is Cc1cc(C(F)(F)F)nc2cnc(Cl)nc12. The Kier molecular flexibility index (Phi) is 2.46. The largest absolute Gasteiger partial charge is 0.433 e. The van der Waals surface area contributed by atoms with Gasteiger partial charge in [-0.05, 0) is 30.2 Å². The molecule has 2 aromatic heterocycles. The summed E-state index contributed by atoms with van der Waals surface area (Å²) >= 11 is 5.55. The van der Waals surface area contributed by atoms with Crippen LogP contribution >= 0.6 is 11.6 Å². The first-order chi connectivity index (χ1) is 7.38. The number of alkyl halides is 3. The molecular formula is C9H5ClF3N3. The number of fused-ring (bicyclic) bond motifs is 1. The van der Waals surface area contributed by atoms with Crippen LogP contribution in [0.2, 0.25) is 5.28 Å². The molecule has 0 radical (unpaired) electrons. The maximum Gasteiger partial charge on any atom is 0.433 e. The maximum absolute atomic E-state index is 12.4. The highest BCUT2D eigenvalue weighted by Crippen LogP contribution is 2.30. The summed E-state index contributed by atoms with van der Waals surface area (Å²) in [4.78, 5) is 10.9. The number of aromatic nitrogens is 3. The van der Waals surface area contributed by atoms with Gasteiger partial charge in [0.25, 0.3) is 0 Å². The van der Waals surface area contributed by atoms with Gasteiger partial charge in [0, 0.05) is 0 Å². The van der Waals surface area contributed by atoms with Gasteiger partial charge in [0.1, 0.15) is 11.2 Å². The van der Waals surface area contributed by atoms with E-state index >= 15 is 0 Å². The van der Waals surface area contributed by atoms with Crippen LogP contribution in [-0.2, 0) is 6.18 Å². The summed E-state index contributed by atoms with van der Waals surface area (Å²) in [6.45, 7) is 1.52. The quantitative estimate of drug-likeness (QED) is 0.672. The molecule has 0 aliphatic heterocycles. The molecule has 2 heterocycles. The zero-order valence-corrected chi connectivity index (χ0v) is 8.76. The van der Waals surface area contributed by atoms with Gasteiger partial charge in [-0.25, -0.2) is 15.0 Å². The van der Waals surface area contributed by atoms with E-state index in [1.54, 1.807) is 0 Å². The Labute approximate surface area is 93.3 Å². The van der Waals surface area contributed by atoms with Crippen molar-refractivity contribution in [3.05, 3.63) is 28.8 Å². The Bertz CT molecular complexity index is 553. The van der Waals surface area contributed by atoms with Crippen molar-refractivity contribution in [2.45, 2.75) is 13.1 Å². The van der Waals surface area contributed by atoms with Gasteiger partial charge in [-0.15, -0.1) is 0 Å². The van der Waals surface area contributed by atoms with Gasteiger partial charge in [-0.1, -0.05) is 0 Å². The van der Waals surface area contributed by atoms with E-state index in [9.17, 15) is 13.2 Å². The molecule has 84 valence electrons. The van der Waals surface area contributed by atoms with Crippen LogP contribution in [0, 0.1) is 6.92 Å². The highest BCUT2D eigenvalue weighted by molar-refractivity contribution is 6.28. The summed E-state index contributed by atoms with van der Waals surface area (Å²) in [5, 5.41) is -0.0165. The molecule has 7 heteroatoms. The lowest BCUT2D eigenvalue weighted by molar-refractivity contribution is -0.141. The third-order valence-corrected chi connectivity index (χ3v) is 2.18. The molecule has 0 atom stereocenters. The summed E-state index contributed by atoms with van der Waals surface area (Å²) in [6, 6.07) is 0.936. The van der Waals surface area contributed by atoms with Gasteiger partial charge in [0.15, 0.2) is 0 Å². The minimum Gasteiger partial charge on any atom is -0.240 e. The van der Waals surface area contributed by atoms with Crippen LogP contribution in [0.3, 0.4) is 0 Å². The molecule has 16 heavy (non-hydrogen) atoms. The number of aryl methyl sites for hydroxylation is 1. The Morgan fingerprint density at radius 1 is 1.25 bits per heavy atom. The molecule has 0 amide bonds. The summed E-state index contributed by atoms with van der Waals surface area (Å²) in [7, 11) is 0. The first-order valence-corrected chi connectivity index (χ1v) is 4.63. The molecule has 0 aromatic carbocycles. The molecule has 0 saturated heterocycles. The van der Waals surface area contributed by atoms with Crippen LogP contribution in [0.5, 0.6) is 0 Å².